The van der Waals surface area contributed by atoms with E-state index < -0.39 is 0 Å². The second-order valence-corrected chi connectivity index (χ2v) is 5.36. The fourth-order valence-corrected chi connectivity index (χ4v) is 2.14. The molecule has 0 heterocycles. The molecular weight excluding hydrogens is 194 g/mol. The van der Waals surface area contributed by atoms with Gasteiger partial charge >= 0.3 is 0 Å². The molecule has 16 heavy (non-hydrogen) atoms. The van der Waals surface area contributed by atoms with Crippen LogP contribution in [0, 0.1) is 13.8 Å². The maximum absolute atomic E-state index is 2.36. The number of rotatable bonds is 3. The molecule has 0 unspecified atom stereocenters. The van der Waals surface area contributed by atoms with Gasteiger partial charge in [0.2, 0.25) is 0 Å². The first kappa shape index (κ1) is 13.1. The monoisotopic (exact) mass is 219 g/mol. The number of hydrogen-bond donors (Lipinski definition) is 0. The van der Waals surface area contributed by atoms with Crippen molar-refractivity contribution in [3.63, 3.8) is 0 Å². The first-order valence-electron chi connectivity index (χ1n) is 6.18. The minimum atomic E-state index is 0.544. The summed E-state index contributed by atoms with van der Waals surface area (Å²) in [5, 5.41) is 0. The topological polar surface area (TPSA) is 3.24 Å². The Kier molecular flexibility index (Phi) is 4.01. The Hall–Kier alpha value is -0.980. The van der Waals surface area contributed by atoms with Gasteiger partial charge in [0, 0.05) is 18.8 Å². The molecule has 1 heteroatoms. The van der Waals surface area contributed by atoms with Crippen LogP contribution in [0.1, 0.15) is 50.3 Å². The molecule has 1 nitrogen and oxygen atoms in total. The van der Waals surface area contributed by atoms with Crippen LogP contribution in [-0.4, -0.2) is 13.1 Å². The zero-order valence-corrected chi connectivity index (χ0v) is 11.8. The third kappa shape index (κ3) is 2.58. The molecule has 0 saturated carbocycles. The average Bonchev–Trinajstić information content (AvgIpc) is 2.15. The van der Waals surface area contributed by atoms with Crippen LogP contribution in [-0.2, 0) is 0 Å². The Morgan fingerprint density at radius 1 is 0.938 bits per heavy atom. The van der Waals surface area contributed by atoms with Crippen LogP contribution >= 0.6 is 0 Å². The minimum Gasteiger partial charge on any atom is -0.372 e. The van der Waals surface area contributed by atoms with Gasteiger partial charge in [-0.3, -0.25) is 0 Å². The molecular formula is C15H25N. The predicted molar refractivity (Wildman–Crippen MR) is 73.5 cm³/mol. The van der Waals surface area contributed by atoms with Crippen LogP contribution in [0.5, 0.6) is 0 Å². The first-order chi connectivity index (χ1) is 7.34. The Morgan fingerprint density at radius 3 is 1.69 bits per heavy atom. The summed E-state index contributed by atoms with van der Waals surface area (Å²) in [6, 6.07) is 5.19. The molecule has 1 rings (SSSR count). The minimum absolute atomic E-state index is 0.544. The van der Waals surface area contributed by atoms with Gasteiger partial charge in [-0.15, -0.1) is 0 Å². The summed E-state index contributed by atoms with van der Waals surface area (Å²) in [5.74, 6) is 0.607. The van der Waals surface area contributed by atoms with E-state index in [1.807, 2.05) is 0 Å². The van der Waals surface area contributed by atoms with Gasteiger partial charge in [-0.25, -0.2) is 0 Å². The van der Waals surface area contributed by atoms with E-state index in [4.69, 9.17) is 0 Å². The van der Waals surface area contributed by atoms with Crippen LogP contribution in [0.2, 0.25) is 0 Å². The summed E-state index contributed by atoms with van der Waals surface area (Å²) in [4.78, 5) is 2.36. The third-order valence-electron chi connectivity index (χ3n) is 3.31. The molecule has 0 fully saturated rings. The number of aryl methyl sites for hydroxylation is 2. The molecule has 0 amide bonds. The van der Waals surface area contributed by atoms with E-state index in [0.717, 1.165) is 0 Å². The van der Waals surface area contributed by atoms with Crippen molar-refractivity contribution in [1.29, 1.82) is 0 Å². The van der Waals surface area contributed by atoms with Gasteiger partial charge < -0.3 is 4.90 Å². The Bertz CT molecular complexity index is 341. The van der Waals surface area contributed by atoms with Gasteiger partial charge in [0.1, 0.15) is 0 Å². The lowest BCUT2D eigenvalue weighted by molar-refractivity contribution is 0.748. The number of nitrogens with zero attached hydrogens (tertiary/aromatic N) is 1. The SMILES string of the molecule is Cc1cc(C(C)C)cc(C)c1N(C)C(C)C. The molecule has 0 N–H and O–H groups in total. The lowest BCUT2D eigenvalue weighted by Crippen LogP contribution is -2.27. The highest BCUT2D eigenvalue weighted by Gasteiger charge is 2.12. The second-order valence-electron chi connectivity index (χ2n) is 5.36. The van der Waals surface area contributed by atoms with Crippen molar-refractivity contribution in [2.45, 2.75) is 53.5 Å². The Balaban J connectivity index is 3.22. The van der Waals surface area contributed by atoms with Crippen LogP contribution in [0.25, 0.3) is 0 Å². The highest BCUT2D eigenvalue weighted by molar-refractivity contribution is 5.60. The van der Waals surface area contributed by atoms with Crippen molar-refractivity contribution >= 4 is 5.69 Å². The molecule has 0 bridgehead atoms. The largest absolute Gasteiger partial charge is 0.372 e. The highest BCUT2D eigenvalue weighted by atomic mass is 15.1. The number of hydrogen-bond acceptors (Lipinski definition) is 1. The van der Waals surface area contributed by atoms with Gasteiger partial charge in [-0.2, -0.15) is 0 Å². The molecule has 0 saturated heterocycles. The summed E-state index contributed by atoms with van der Waals surface area (Å²) >= 11 is 0. The van der Waals surface area contributed by atoms with Gasteiger partial charge in [-0.05, 0) is 50.3 Å². The predicted octanol–water partition coefficient (Wildman–Crippen LogP) is 4.27. The van der Waals surface area contributed by atoms with Crippen LogP contribution in [0.3, 0.4) is 0 Å². The van der Waals surface area contributed by atoms with Crippen molar-refractivity contribution in [3.8, 4) is 0 Å². The van der Waals surface area contributed by atoms with Crippen molar-refractivity contribution in [2.75, 3.05) is 11.9 Å². The quantitative estimate of drug-likeness (QED) is 0.733. The maximum Gasteiger partial charge on any atom is 0.0425 e. The van der Waals surface area contributed by atoms with E-state index in [0.29, 0.717) is 12.0 Å². The molecule has 1 aromatic rings. The summed E-state index contributed by atoms with van der Waals surface area (Å²) in [7, 11) is 2.18. The van der Waals surface area contributed by atoms with Crippen molar-refractivity contribution < 1.29 is 0 Å². The van der Waals surface area contributed by atoms with Crippen molar-refractivity contribution in [2.24, 2.45) is 0 Å². The summed E-state index contributed by atoms with van der Waals surface area (Å²) in [5.41, 5.74) is 5.61. The molecule has 1 aromatic carbocycles. The van der Waals surface area contributed by atoms with Crippen molar-refractivity contribution in [3.05, 3.63) is 28.8 Å². The Morgan fingerprint density at radius 2 is 1.38 bits per heavy atom. The fourth-order valence-electron chi connectivity index (χ4n) is 2.14. The zero-order chi connectivity index (χ0) is 12.5. The van der Waals surface area contributed by atoms with E-state index in [-0.39, 0.29) is 0 Å². The van der Waals surface area contributed by atoms with E-state index in [2.05, 4.69) is 65.6 Å². The first-order valence-corrected chi connectivity index (χ1v) is 6.18. The van der Waals surface area contributed by atoms with E-state index in [1.165, 1.54) is 22.4 Å². The molecule has 0 aliphatic carbocycles. The van der Waals surface area contributed by atoms with Crippen LogP contribution < -0.4 is 4.90 Å². The normalized spacial score (nSPS) is 11.3. The number of benzene rings is 1. The Labute approximate surface area is 100 Å². The zero-order valence-electron chi connectivity index (χ0n) is 11.8. The third-order valence-corrected chi connectivity index (χ3v) is 3.31. The van der Waals surface area contributed by atoms with E-state index >= 15 is 0 Å². The molecule has 0 spiro atoms. The fraction of sp³-hybridized carbons (Fsp3) is 0.600. The number of anilines is 1. The average molecular weight is 219 g/mol. The summed E-state index contributed by atoms with van der Waals surface area (Å²) in [6.45, 7) is 13.4. The highest BCUT2D eigenvalue weighted by Crippen LogP contribution is 2.29. The molecule has 90 valence electrons. The summed E-state index contributed by atoms with van der Waals surface area (Å²) in [6.07, 6.45) is 0. The maximum atomic E-state index is 2.36. The molecule has 0 atom stereocenters. The van der Waals surface area contributed by atoms with Crippen LogP contribution in [0.15, 0.2) is 12.1 Å². The molecule has 0 radical (unpaired) electrons. The van der Waals surface area contributed by atoms with Crippen molar-refractivity contribution in [1.82, 2.24) is 0 Å². The smallest absolute Gasteiger partial charge is 0.0425 e. The van der Waals surface area contributed by atoms with Gasteiger partial charge in [0.25, 0.3) is 0 Å². The molecule has 0 aliphatic rings. The molecule has 0 aliphatic heterocycles. The lowest BCUT2D eigenvalue weighted by atomic mass is 9.96. The molecule has 0 aromatic heterocycles. The second kappa shape index (κ2) is 4.90. The van der Waals surface area contributed by atoms with Gasteiger partial charge in [0.05, 0.1) is 0 Å². The van der Waals surface area contributed by atoms with E-state index in [1.54, 1.807) is 0 Å². The summed E-state index contributed by atoms with van der Waals surface area (Å²) < 4.78 is 0. The standard InChI is InChI=1S/C15H25N/c1-10(2)14-8-12(5)15(13(6)9-14)16(7)11(3)4/h8-11H,1-7H3. The van der Waals surface area contributed by atoms with Gasteiger partial charge in [-0.1, -0.05) is 26.0 Å². The lowest BCUT2D eigenvalue weighted by Gasteiger charge is -2.28. The van der Waals surface area contributed by atoms with E-state index in [9.17, 15) is 0 Å². The van der Waals surface area contributed by atoms with Crippen LogP contribution in [0.4, 0.5) is 5.69 Å². The van der Waals surface area contributed by atoms with Gasteiger partial charge in [0.15, 0.2) is 0 Å².